The van der Waals surface area contributed by atoms with Gasteiger partial charge in [0.25, 0.3) is 0 Å². The average Bonchev–Trinajstić information content (AvgIpc) is 2.72. The fourth-order valence-corrected chi connectivity index (χ4v) is 4.78. The highest BCUT2D eigenvalue weighted by molar-refractivity contribution is 5.75. The summed E-state index contributed by atoms with van der Waals surface area (Å²) in [6.45, 7) is 15.4. The van der Waals surface area contributed by atoms with Crippen LogP contribution in [0, 0.1) is 27.7 Å². The molecule has 5 heteroatoms. The van der Waals surface area contributed by atoms with Crippen molar-refractivity contribution in [2.24, 2.45) is 0 Å². The van der Waals surface area contributed by atoms with E-state index in [9.17, 15) is 4.79 Å². The van der Waals surface area contributed by atoms with Crippen molar-refractivity contribution >= 4 is 17.4 Å². The standard InChI is InChI=1S/C25H34N4O/c1-19-13-20(2)16-23(15-19)26-5-9-28(10-6-26)25(30)29-11-7-27(8-12-29)24-17-21(3)14-22(4)18-24/h13-18H,5-12H2,1-4H3. The topological polar surface area (TPSA) is 30.0 Å². The zero-order valence-corrected chi connectivity index (χ0v) is 18.8. The van der Waals surface area contributed by atoms with E-state index in [1.165, 1.54) is 33.6 Å². The average molecular weight is 407 g/mol. The maximum absolute atomic E-state index is 13.1. The summed E-state index contributed by atoms with van der Waals surface area (Å²) in [6.07, 6.45) is 0. The number of anilines is 2. The number of rotatable bonds is 2. The Morgan fingerprint density at radius 2 is 0.833 bits per heavy atom. The van der Waals surface area contributed by atoms with E-state index in [0.29, 0.717) is 0 Å². The number of amides is 2. The van der Waals surface area contributed by atoms with Gasteiger partial charge in [0.05, 0.1) is 0 Å². The van der Waals surface area contributed by atoms with Crippen molar-refractivity contribution in [3.8, 4) is 0 Å². The van der Waals surface area contributed by atoms with Crippen LogP contribution < -0.4 is 9.80 Å². The lowest BCUT2D eigenvalue weighted by molar-refractivity contribution is 0.147. The molecule has 2 amide bonds. The summed E-state index contributed by atoms with van der Waals surface area (Å²) in [5, 5.41) is 0. The highest BCUT2D eigenvalue weighted by Gasteiger charge is 2.28. The van der Waals surface area contributed by atoms with Crippen LogP contribution in [0.2, 0.25) is 0 Å². The molecule has 2 fully saturated rings. The first-order valence-corrected chi connectivity index (χ1v) is 11.1. The molecule has 0 aliphatic carbocycles. The fourth-order valence-electron chi connectivity index (χ4n) is 4.78. The summed E-state index contributed by atoms with van der Waals surface area (Å²) in [6, 6.07) is 13.6. The van der Waals surface area contributed by atoms with Crippen molar-refractivity contribution in [1.29, 1.82) is 0 Å². The quantitative estimate of drug-likeness (QED) is 0.756. The van der Waals surface area contributed by atoms with Crippen LogP contribution in [0.3, 0.4) is 0 Å². The Hall–Kier alpha value is -2.69. The Morgan fingerprint density at radius 1 is 0.533 bits per heavy atom. The lowest BCUT2D eigenvalue weighted by atomic mass is 10.1. The number of aryl methyl sites for hydroxylation is 4. The first-order valence-electron chi connectivity index (χ1n) is 11.1. The second-order valence-electron chi connectivity index (χ2n) is 8.92. The molecule has 5 nitrogen and oxygen atoms in total. The van der Waals surface area contributed by atoms with Crippen LogP contribution >= 0.6 is 0 Å². The minimum absolute atomic E-state index is 0.204. The number of nitrogens with zero attached hydrogens (tertiary/aromatic N) is 4. The molecule has 160 valence electrons. The number of hydrogen-bond acceptors (Lipinski definition) is 3. The van der Waals surface area contributed by atoms with Gasteiger partial charge in [0, 0.05) is 63.7 Å². The van der Waals surface area contributed by atoms with E-state index < -0.39 is 0 Å². The number of hydrogen-bond donors (Lipinski definition) is 0. The number of urea groups is 1. The maximum atomic E-state index is 13.1. The molecule has 2 saturated heterocycles. The second-order valence-corrected chi connectivity index (χ2v) is 8.92. The van der Waals surface area contributed by atoms with Gasteiger partial charge in [0.15, 0.2) is 0 Å². The summed E-state index contributed by atoms with van der Waals surface area (Å²) in [4.78, 5) is 21.9. The molecule has 0 saturated carbocycles. The minimum atomic E-state index is 0.204. The molecule has 4 rings (SSSR count). The first-order chi connectivity index (χ1) is 14.4. The highest BCUT2D eigenvalue weighted by atomic mass is 16.2. The first kappa shape index (κ1) is 20.6. The van der Waals surface area contributed by atoms with Gasteiger partial charge in [-0.3, -0.25) is 0 Å². The number of piperazine rings is 2. The molecule has 2 aromatic rings. The zero-order valence-electron chi connectivity index (χ0n) is 18.8. The Morgan fingerprint density at radius 3 is 1.13 bits per heavy atom. The van der Waals surface area contributed by atoms with Crippen molar-refractivity contribution in [2.45, 2.75) is 27.7 Å². The van der Waals surface area contributed by atoms with E-state index in [2.05, 4.69) is 73.9 Å². The molecule has 0 aromatic heterocycles. The van der Waals surface area contributed by atoms with E-state index in [1.807, 2.05) is 9.80 Å². The predicted molar refractivity (Wildman–Crippen MR) is 125 cm³/mol. The predicted octanol–water partition coefficient (Wildman–Crippen LogP) is 3.98. The Labute approximate surface area is 180 Å². The van der Waals surface area contributed by atoms with Crippen LogP contribution in [0.15, 0.2) is 36.4 Å². The Bertz CT molecular complexity index is 795. The third-order valence-electron chi connectivity index (χ3n) is 6.24. The van der Waals surface area contributed by atoms with Gasteiger partial charge in [-0.25, -0.2) is 4.79 Å². The molecular weight excluding hydrogens is 372 g/mol. The van der Waals surface area contributed by atoms with Crippen LogP contribution in [0.4, 0.5) is 16.2 Å². The molecule has 0 spiro atoms. The van der Waals surface area contributed by atoms with Gasteiger partial charge < -0.3 is 19.6 Å². The molecule has 2 heterocycles. The van der Waals surface area contributed by atoms with Crippen molar-refractivity contribution in [1.82, 2.24) is 9.80 Å². The number of carbonyl (C=O) groups excluding carboxylic acids is 1. The second kappa shape index (κ2) is 8.58. The number of carbonyl (C=O) groups is 1. The molecule has 2 aromatic carbocycles. The van der Waals surface area contributed by atoms with Crippen LogP contribution in [-0.2, 0) is 0 Å². The van der Waals surface area contributed by atoms with Gasteiger partial charge in [-0.15, -0.1) is 0 Å². The van der Waals surface area contributed by atoms with E-state index in [0.717, 1.165) is 52.4 Å². The SMILES string of the molecule is Cc1cc(C)cc(N2CCN(C(=O)N3CCN(c4cc(C)cc(C)c4)CC3)CC2)c1. The van der Waals surface area contributed by atoms with Gasteiger partial charge >= 0.3 is 6.03 Å². The van der Waals surface area contributed by atoms with Gasteiger partial charge in [-0.2, -0.15) is 0 Å². The summed E-state index contributed by atoms with van der Waals surface area (Å²) in [5.41, 5.74) is 7.74. The highest BCUT2D eigenvalue weighted by Crippen LogP contribution is 2.22. The fraction of sp³-hybridized carbons (Fsp3) is 0.480. The molecule has 0 atom stereocenters. The third kappa shape index (κ3) is 4.55. The van der Waals surface area contributed by atoms with Crippen molar-refractivity contribution in [3.05, 3.63) is 58.7 Å². The van der Waals surface area contributed by atoms with Crippen LogP contribution in [0.1, 0.15) is 22.3 Å². The van der Waals surface area contributed by atoms with E-state index in [4.69, 9.17) is 0 Å². The molecule has 2 aliphatic heterocycles. The summed E-state index contributed by atoms with van der Waals surface area (Å²) >= 11 is 0. The van der Waals surface area contributed by atoms with Gasteiger partial charge in [0.1, 0.15) is 0 Å². The molecule has 0 unspecified atom stereocenters. The van der Waals surface area contributed by atoms with E-state index in [1.54, 1.807) is 0 Å². The summed E-state index contributed by atoms with van der Waals surface area (Å²) in [5.74, 6) is 0. The van der Waals surface area contributed by atoms with Gasteiger partial charge in [0.2, 0.25) is 0 Å². The van der Waals surface area contributed by atoms with Crippen LogP contribution in [-0.4, -0.2) is 68.2 Å². The lowest BCUT2D eigenvalue weighted by Crippen LogP contribution is -2.57. The van der Waals surface area contributed by atoms with Gasteiger partial charge in [-0.1, -0.05) is 12.1 Å². The molecule has 0 bridgehead atoms. The lowest BCUT2D eigenvalue weighted by Gasteiger charge is -2.41. The smallest absolute Gasteiger partial charge is 0.320 e. The largest absolute Gasteiger partial charge is 0.368 e. The van der Waals surface area contributed by atoms with Crippen molar-refractivity contribution in [3.63, 3.8) is 0 Å². The summed E-state index contributed by atoms with van der Waals surface area (Å²) in [7, 11) is 0. The van der Waals surface area contributed by atoms with Crippen LogP contribution in [0.5, 0.6) is 0 Å². The van der Waals surface area contributed by atoms with Crippen LogP contribution in [0.25, 0.3) is 0 Å². The molecular formula is C25H34N4O. The van der Waals surface area contributed by atoms with Gasteiger partial charge in [-0.05, 0) is 74.2 Å². The van der Waals surface area contributed by atoms with Crippen molar-refractivity contribution < 1.29 is 4.79 Å². The Balaban J connectivity index is 1.31. The zero-order chi connectivity index (χ0) is 21.3. The molecule has 0 N–H and O–H groups in total. The number of benzene rings is 2. The van der Waals surface area contributed by atoms with E-state index in [-0.39, 0.29) is 6.03 Å². The normalized spacial score (nSPS) is 17.5. The Kier molecular flexibility index (Phi) is 5.89. The molecule has 2 aliphatic rings. The van der Waals surface area contributed by atoms with E-state index >= 15 is 0 Å². The minimum Gasteiger partial charge on any atom is -0.368 e. The monoisotopic (exact) mass is 406 g/mol. The maximum Gasteiger partial charge on any atom is 0.320 e. The third-order valence-corrected chi connectivity index (χ3v) is 6.24. The molecule has 0 radical (unpaired) electrons. The molecule has 30 heavy (non-hydrogen) atoms. The van der Waals surface area contributed by atoms with Crippen molar-refractivity contribution in [2.75, 3.05) is 62.2 Å². The summed E-state index contributed by atoms with van der Waals surface area (Å²) < 4.78 is 0.